The van der Waals surface area contributed by atoms with Gasteiger partial charge in [0.1, 0.15) is 5.56 Å². The van der Waals surface area contributed by atoms with Gasteiger partial charge in [0.15, 0.2) is 6.10 Å². The number of carbonyl (C=O) groups excluding carboxylic acids is 2. The normalized spacial score (nSPS) is 11.9. The van der Waals surface area contributed by atoms with E-state index in [2.05, 4.69) is 10.4 Å². The second-order valence-corrected chi connectivity index (χ2v) is 5.77. The van der Waals surface area contributed by atoms with E-state index < -0.39 is 18.0 Å². The molecule has 1 aromatic heterocycles. The van der Waals surface area contributed by atoms with Crippen LogP contribution in [-0.4, -0.2) is 27.8 Å². The molecular formula is C15H15Cl2N3O3. The Morgan fingerprint density at radius 3 is 2.65 bits per heavy atom. The lowest BCUT2D eigenvalue weighted by Gasteiger charge is -2.14. The number of ether oxygens (including phenoxy) is 1. The maximum Gasteiger partial charge on any atom is 0.342 e. The smallest absolute Gasteiger partial charge is 0.342 e. The molecule has 0 spiro atoms. The number of carbonyl (C=O) groups is 2. The Kier molecular flexibility index (Phi) is 5.28. The Balaban J connectivity index is 2.04. The van der Waals surface area contributed by atoms with E-state index in [0.29, 0.717) is 27.0 Å². The van der Waals surface area contributed by atoms with Crippen LogP contribution in [0.2, 0.25) is 10.0 Å². The van der Waals surface area contributed by atoms with Crippen LogP contribution in [0.25, 0.3) is 0 Å². The maximum atomic E-state index is 12.1. The maximum absolute atomic E-state index is 12.1. The third kappa shape index (κ3) is 4.03. The third-order valence-corrected chi connectivity index (χ3v) is 3.86. The van der Waals surface area contributed by atoms with Crippen molar-refractivity contribution in [2.24, 2.45) is 7.05 Å². The molecule has 2 aromatic rings. The van der Waals surface area contributed by atoms with Gasteiger partial charge in [0.25, 0.3) is 5.91 Å². The van der Waals surface area contributed by atoms with E-state index in [0.717, 1.165) is 0 Å². The van der Waals surface area contributed by atoms with Crippen molar-refractivity contribution in [3.63, 3.8) is 0 Å². The monoisotopic (exact) mass is 355 g/mol. The van der Waals surface area contributed by atoms with Crippen molar-refractivity contribution >= 4 is 40.8 Å². The Labute approximate surface area is 143 Å². The van der Waals surface area contributed by atoms with Crippen LogP contribution in [-0.2, 0) is 16.6 Å². The number of esters is 1. The molecule has 0 aliphatic carbocycles. The van der Waals surface area contributed by atoms with Crippen molar-refractivity contribution in [2.75, 3.05) is 5.32 Å². The molecule has 0 bridgehead atoms. The molecule has 6 nitrogen and oxygen atoms in total. The van der Waals surface area contributed by atoms with Crippen molar-refractivity contribution in [3.05, 3.63) is 45.7 Å². The second kappa shape index (κ2) is 7.02. The summed E-state index contributed by atoms with van der Waals surface area (Å²) in [5, 5.41) is 7.30. The van der Waals surface area contributed by atoms with Gasteiger partial charge in [0.05, 0.1) is 16.9 Å². The average Bonchev–Trinajstić information content (AvgIpc) is 2.82. The first-order valence-electron chi connectivity index (χ1n) is 6.75. The number of hydrogen-bond acceptors (Lipinski definition) is 4. The van der Waals surface area contributed by atoms with Crippen molar-refractivity contribution in [1.29, 1.82) is 0 Å². The molecule has 0 saturated carbocycles. The van der Waals surface area contributed by atoms with E-state index in [-0.39, 0.29) is 0 Å². The fourth-order valence-corrected chi connectivity index (χ4v) is 2.14. The van der Waals surface area contributed by atoms with Gasteiger partial charge in [-0.3, -0.25) is 9.48 Å². The van der Waals surface area contributed by atoms with Crippen molar-refractivity contribution < 1.29 is 14.3 Å². The molecule has 1 unspecified atom stereocenters. The lowest BCUT2D eigenvalue weighted by atomic mass is 10.2. The number of halogens is 2. The molecule has 8 heteroatoms. The van der Waals surface area contributed by atoms with Gasteiger partial charge in [-0.05, 0) is 32.0 Å². The van der Waals surface area contributed by atoms with Gasteiger partial charge >= 0.3 is 5.97 Å². The number of aromatic nitrogens is 2. The number of hydrogen-bond donors (Lipinski definition) is 1. The largest absolute Gasteiger partial charge is 0.449 e. The Morgan fingerprint density at radius 2 is 2.04 bits per heavy atom. The lowest BCUT2D eigenvalue weighted by molar-refractivity contribution is -0.123. The molecule has 0 aliphatic rings. The highest BCUT2D eigenvalue weighted by Gasteiger charge is 2.22. The molecule has 1 aromatic carbocycles. The van der Waals surface area contributed by atoms with Crippen LogP contribution in [0.3, 0.4) is 0 Å². The fraction of sp³-hybridized carbons (Fsp3) is 0.267. The van der Waals surface area contributed by atoms with E-state index in [4.69, 9.17) is 27.9 Å². The summed E-state index contributed by atoms with van der Waals surface area (Å²) in [5.74, 6) is -1.13. The summed E-state index contributed by atoms with van der Waals surface area (Å²) in [6.07, 6.45) is 0.396. The van der Waals surface area contributed by atoms with Crippen molar-refractivity contribution in [1.82, 2.24) is 9.78 Å². The Morgan fingerprint density at radius 1 is 1.35 bits per heavy atom. The van der Waals surface area contributed by atoms with Crippen LogP contribution in [0, 0.1) is 6.92 Å². The van der Waals surface area contributed by atoms with Gasteiger partial charge in [0, 0.05) is 17.8 Å². The Hall–Kier alpha value is -2.05. The first kappa shape index (κ1) is 17.3. The van der Waals surface area contributed by atoms with Crippen LogP contribution in [0.4, 0.5) is 5.69 Å². The van der Waals surface area contributed by atoms with Crippen LogP contribution in [0.5, 0.6) is 0 Å². The molecule has 23 heavy (non-hydrogen) atoms. The molecule has 1 N–H and O–H groups in total. The standard InChI is InChI=1S/C15H15Cl2N3O3/c1-8-11(7-18-20(8)3)15(22)23-9(2)14(21)19-13-6-10(16)4-5-12(13)17/h4-7,9H,1-3H3,(H,19,21). The molecule has 0 radical (unpaired) electrons. The zero-order chi connectivity index (χ0) is 17.1. The van der Waals surface area contributed by atoms with Crippen LogP contribution in [0.1, 0.15) is 23.0 Å². The third-order valence-electron chi connectivity index (χ3n) is 3.29. The Bertz CT molecular complexity index is 758. The number of amides is 1. The predicted octanol–water partition coefficient (Wildman–Crippen LogP) is 3.22. The van der Waals surface area contributed by atoms with E-state index in [1.54, 1.807) is 30.8 Å². The van der Waals surface area contributed by atoms with E-state index in [1.165, 1.54) is 19.2 Å². The van der Waals surface area contributed by atoms with Gasteiger partial charge in [-0.25, -0.2) is 4.79 Å². The summed E-state index contributed by atoms with van der Waals surface area (Å²) < 4.78 is 6.70. The summed E-state index contributed by atoms with van der Waals surface area (Å²) in [7, 11) is 1.71. The number of benzene rings is 1. The average molecular weight is 356 g/mol. The van der Waals surface area contributed by atoms with Crippen LogP contribution >= 0.6 is 23.2 Å². The SMILES string of the molecule is Cc1c(C(=O)OC(C)C(=O)Nc2cc(Cl)ccc2Cl)cnn1C. The second-order valence-electron chi connectivity index (χ2n) is 4.93. The minimum Gasteiger partial charge on any atom is -0.449 e. The fourth-order valence-electron chi connectivity index (χ4n) is 1.80. The summed E-state index contributed by atoms with van der Waals surface area (Å²) in [6.45, 7) is 3.21. The zero-order valence-corrected chi connectivity index (χ0v) is 14.3. The number of nitrogens with one attached hydrogen (secondary N) is 1. The van der Waals surface area contributed by atoms with Crippen molar-refractivity contribution in [2.45, 2.75) is 20.0 Å². The number of rotatable bonds is 4. The molecule has 1 atom stereocenters. The first-order chi connectivity index (χ1) is 10.8. The highest BCUT2D eigenvalue weighted by molar-refractivity contribution is 6.35. The molecule has 1 heterocycles. The van der Waals surface area contributed by atoms with Gasteiger partial charge in [-0.1, -0.05) is 23.2 Å². The molecule has 0 saturated heterocycles. The molecule has 2 rings (SSSR count). The summed E-state index contributed by atoms with van der Waals surface area (Å²) in [6, 6.07) is 4.69. The highest BCUT2D eigenvalue weighted by atomic mass is 35.5. The van der Waals surface area contributed by atoms with Gasteiger partial charge in [0.2, 0.25) is 0 Å². The van der Waals surface area contributed by atoms with E-state index in [1.807, 2.05) is 0 Å². The lowest BCUT2D eigenvalue weighted by Crippen LogP contribution is -2.30. The molecule has 1 amide bonds. The predicted molar refractivity (Wildman–Crippen MR) is 87.9 cm³/mol. The first-order valence-corrected chi connectivity index (χ1v) is 7.50. The van der Waals surface area contributed by atoms with E-state index in [9.17, 15) is 9.59 Å². The molecule has 0 fully saturated rings. The van der Waals surface area contributed by atoms with E-state index >= 15 is 0 Å². The zero-order valence-electron chi connectivity index (χ0n) is 12.8. The number of aryl methyl sites for hydroxylation is 1. The molecule has 0 aliphatic heterocycles. The molecular weight excluding hydrogens is 341 g/mol. The summed E-state index contributed by atoms with van der Waals surface area (Å²) in [4.78, 5) is 24.2. The van der Waals surface area contributed by atoms with Gasteiger partial charge < -0.3 is 10.1 Å². The van der Waals surface area contributed by atoms with Gasteiger partial charge in [-0.15, -0.1) is 0 Å². The van der Waals surface area contributed by atoms with Crippen LogP contribution < -0.4 is 5.32 Å². The minimum absolute atomic E-state index is 0.313. The van der Waals surface area contributed by atoms with Crippen LogP contribution in [0.15, 0.2) is 24.4 Å². The topological polar surface area (TPSA) is 73.2 Å². The number of nitrogens with zero attached hydrogens (tertiary/aromatic N) is 2. The quantitative estimate of drug-likeness (QED) is 0.854. The summed E-state index contributed by atoms with van der Waals surface area (Å²) in [5.41, 5.74) is 1.32. The molecule has 122 valence electrons. The van der Waals surface area contributed by atoms with Gasteiger partial charge in [-0.2, -0.15) is 5.10 Å². The highest BCUT2D eigenvalue weighted by Crippen LogP contribution is 2.25. The van der Waals surface area contributed by atoms with Crippen molar-refractivity contribution in [3.8, 4) is 0 Å². The number of anilines is 1. The summed E-state index contributed by atoms with van der Waals surface area (Å²) >= 11 is 11.8. The minimum atomic E-state index is -1.00.